The Morgan fingerprint density at radius 2 is 1.79 bits per heavy atom. The van der Waals surface area contributed by atoms with Crippen LogP contribution >= 0.6 is 0 Å². The molecule has 1 aliphatic heterocycles. The first kappa shape index (κ1) is 19.6. The van der Waals surface area contributed by atoms with Crippen molar-refractivity contribution in [1.82, 2.24) is 4.90 Å². The van der Waals surface area contributed by atoms with E-state index in [-0.39, 0.29) is 23.6 Å². The van der Waals surface area contributed by atoms with E-state index in [1.807, 2.05) is 36.1 Å². The minimum atomic E-state index is -0.946. The average molecular weight is 375 g/mol. The molecule has 144 valence electrons. The first-order valence-electron chi connectivity index (χ1n) is 9.52. The molecule has 0 bridgehead atoms. The fourth-order valence-electron chi connectivity index (χ4n) is 3.61. The van der Waals surface area contributed by atoms with E-state index in [1.54, 1.807) is 24.3 Å². The second-order valence-electron chi connectivity index (χ2n) is 7.11. The normalized spacial score (nSPS) is 18.6. The molecule has 28 heavy (non-hydrogen) atoms. The highest BCUT2D eigenvalue weighted by Crippen LogP contribution is 2.31. The Balaban J connectivity index is 1.74. The average Bonchev–Trinajstić information content (AvgIpc) is 3.08. The Labute approximate surface area is 165 Å². The van der Waals surface area contributed by atoms with E-state index in [1.165, 1.54) is 11.1 Å². The van der Waals surface area contributed by atoms with E-state index in [9.17, 15) is 9.59 Å². The quantitative estimate of drug-likeness (QED) is 0.715. The van der Waals surface area contributed by atoms with Gasteiger partial charge in [0, 0.05) is 6.42 Å². The Hall–Kier alpha value is -3.14. The van der Waals surface area contributed by atoms with E-state index < -0.39 is 5.97 Å². The van der Waals surface area contributed by atoms with Gasteiger partial charge in [0.25, 0.3) is 0 Å². The first-order valence-corrected chi connectivity index (χ1v) is 9.52. The van der Waals surface area contributed by atoms with E-state index in [2.05, 4.69) is 31.2 Å². The summed E-state index contributed by atoms with van der Waals surface area (Å²) >= 11 is 0. The number of carbonyl (C=O) groups excluding carboxylic acids is 1. The summed E-state index contributed by atoms with van der Waals surface area (Å²) in [5, 5.41) is 9.06. The molecule has 1 heterocycles. The number of carbonyl (C=O) groups is 2. The van der Waals surface area contributed by atoms with Crippen molar-refractivity contribution < 1.29 is 14.7 Å². The predicted molar refractivity (Wildman–Crippen MR) is 111 cm³/mol. The fraction of sp³-hybridized carbons (Fsp3) is 0.250. The van der Waals surface area contributed by atoms with E-state index >= 15 is 0 Å². The first-order chi connectivity index (χ1) is 13.5. The summed E-state index contributed by atoms with van der Waals surface area (Å²) in [6.07, 6.45) is 7.51. The lowest BCUT2D eigenvalue weighted by Gasteiger charge is -2.30. The standard InChI is InChI=1S/C24H25NO3/c1-17(19-8-4-3-5-9-19)7-6-10-22-15-16-23(26)25(22)18(2)20-11-13-21(14-12-20)24(27)28/h3-14,18,22H,15-16H2,1-2H3,(H,27,28)/b10-6+,17-7+/t18?,22-/m0/s1. The zero-order chi connectivity index (χ0) is 20.1. The van der Waals surface area contributed by atoms with Crippen LogP contribution in [0.25, 0.3) is 5.57 Å². The third kappa shape index (κ3) is 4.39. The lowest BCUT2D eigenvalue weighted by molar-refractivity contribution is -0.130. The summed E-state index contributed by atoms with van der Waals surface area (Å²) in [5.74, 6) is -0.814. The number of rotatable bonds is 6. The minimum Gasteiger partial charge on any atom is -0.478 e. The monoisotopic (exact) mass is 375 g/mol. The molecule has 0 aliphatic carbocycles. The van der Waals surface area contributed by atoms with E-state index in [0.29, 0.717) is 6.42 Å². The molecule has 2 aromatic carbocycles. The number of aromatic carboxylic acids is 1. The van der Waals surface area contributed by atoms with Crippen molar-refractivity contribution in [2.75, 3.05) is 0 Å². The number of likely N-dealkylation sites (tertiary alicyclic amines) is 1. The largest absolute Gasteiger partial charge is 0.478 e. The van der Waals surface area contributed by atoms with Gasteiger partial charge in [-0.25, -0.2) is 4.79 Å². The van der Waals surface area contributed by atoms with Crippen LogP contribution < -0.4 is 0 Å². The van der Waals surface area contributed by atoms with E-state index in [4.69, 9.17) is 5.11 Å². The fourth-order valence-corrected chi connectivity index (χ4v) is 3.61. The maximum atomic E-state index is 12.5. The van der Waals surface area contributed by atoms with Crippen molar-refractivity contribution in [1.29, 1.82) is 0 Å². The zero-order valence-electron chi connectivity index (χ0n) is 16.2. The van der Waals surface area contributed by atoms with Gasteiger partial charge < -0.3 is 10.0 Å². The second-order valence-corrected chi connectivity index (χ2v) is 7.11. The molecule has 4 nitrogen and oxygen atoms in total. The molecule has 1 fully saturated rings. The molecule has 2 aromatic rings. The summed E-state index contributed by atoms with van der Waals surface area (Å²) in [7, 11) is 0. The Morgan fingerprint density at radius 1 is 1.11 bits per heavy atom. The molecule has 2 atom stereocenters. The van der Waals surface area contributed by atoms with Crippen LogP contribution in [-0.2, 0) is 4.79 Å². The number of hydrogen-bond donors (Lipinski definition) is 1. The van der Waals surface area contributed by atoms with Crippen molar-refractivity contribution in [2.24, 2.45) is 0 Å². The van der Waals surface area contributed by atoms with Crippen LogP contribution in [0.5, 0.6) is 0 Å². The molecule has 1 unspecified atom stereocenters. The van der Waals surface area contributed by atoms with Crippen molar-refractivity contribution in [3.63, 3.8) is 0 Å². The third-order valence-corrected chi connectivity index (χ3v) is 5.27. The summed E-state index contributed by atoms with van der Waals surface area (Å²) in [4.78, 5) is 25.4. The van der Waals surface area contributed by atoms with Crippen molar-refractivity contribution >= 4 is 17.4 Å². The van der Waals surface area contributed by atoms with Gasteiger partial charge in [-0.15, -0.1) is 0 Å². The molecular formula is C24H25NO3. The van der Waals surface area contributed by atoms with Gasteiger partial charge in [0.1, 0.15) is 0 Å². The van der Waals surface area contributed by atoms with Crippen LogP contribution in [0.3, 0.4) is 0 Å². The molecule has 1 saturated heterocycles. The minimum absolute atomic E-state index is 0.0430. The van der Waals surface area contributed by atoms with Gasteiger partial charge in [-0.05, 0) is 49.1 Å². The molecule has 0 spiro atoms. The highest BCUT2D eigenvalue weighted by Gasteiger charge is 2.33. The van der Waals surface area contributed by atoms with E-state index in [0.717, 1.165) is 12.0 Å². The molecule has 3 rings (SSSR count). The number of carboxylic acids is 1. The van der Waals surface area contributed by atoms with Crippen molar-refractivity contribution in [2.45, 2.75) is 38.8 Å². The summed E-state index contributed by atoms with van der Waals surface area (Å²) < 4.78 is 0. The van der Waals surface area contributed by atoms with Crippen LogP contribution in [0.15, 0.2) is 72.8 Å². The maximum Gasteiger partial charge on any atom is 0.335 e. The van der Waals surface area contributed by atoms with Crippen molar-refractivity contribution in [3.8, 4) is 0 Å². The van der Waals surface area contributed by atoms with Gasteiger partial charge in [0.2, 0.25) is 5.91 Å². The van der Waals surface area contributed by atoms with Crippen LogP contribution in [-0.4, -0.2) is 27.9 Å². The van der Waals surface area contributed by atoms with Gasteiger partial charge in [0.05, 0.1) is 17.6 Å². The number of benzene rings is 2. The molecule has 4 heteroatoms. The topological polar surface area (TPSA) is 57.6 Å². The molecule has 1 amide bonds. The molecule has 0 aromatic heterocycles. The molecule has 1 N–H and O–H groups in total. The summed E-state index contributed by atoms with van der Waals surface area (Å²) in [6, 6.07) is 16.9. The van der Waals surface area contributed by atoms with Gasteiger partial charge in [-0.2, -0.15) is 0 Å². The zero-order valence-corrected chi connectivity index (χ0v) is 16.2. The third-order valence-electron chi connectivity index (χ3n) is 5.27. The highest BCUT2D eigenvalue weighted by molar-refractivity contribution is 5.87. The van der Waals surface area contributed by atoms with Crippen molar-refractivity contribution in [3.05, 3.63) is 89.5 Å². The van der Waals surface area contributed by atoms with Gasteiger partial charge in [0.15, 0.2) is 0 Å². The van der Waals surface area contributed by atoms with Gasteiger partial charge >= 0.3 is 5.97 Å². The lowest BCUT2D eigenvalue weighted by Crippen LogP contribution is -2.34. The number of amides is 1. The summed E-state index contributed by atoms with van der Waals surface area (Å²) in [5.41, 5.74) is 3.54. The van der Waals surface area contributed by atoms with Crippen LogP contribution in [0.4, 0.5) is 0 Å². The number of hydrogen-bond acceptors (Lipinski definition) is 2. The molecule has 0 radical (unpaired) electrons. The summed E-state index contributed by atoms with van der Waals surface area (Å²) in [6.45, 7) is 4.06. The SMILES string of the molecule is C/C(=C\C=C\[C@H]1CCC(=O)N1C(C)c1ccc(C(=O)O)cc1)c1ccccc1. The predicted octanol–water partition coefficient (Wildman–Crippen LogP) is 5.10. The Bertz CT molecular complexity index is 897. The highest BCUT2D eigenvalue weighted by atomic mass is 16.4. The lowest BCUT2D eigenvalue weighted by atomic mass is 10.0. The second kappa shape index (κ2) is 8.70. The Morgan fingerprint density at radius 3 is 2.43 bits per heavy atom. The Kier molecular flexibility index (Phi) is 6.09. The number of carboxylic acid groups (broad SMARTS) is 1. The molecular weight excluding hydrogens is 350 g/mol. The van der Waals surface area contributed by atoms with Crippen LogP contribution in [0, 0.1) is 0 Å². The van der Waals surface area contributed by atoms with Crippen LogP contribution in [0.1, 0.15) is 54.2 Å². The maximum absolute atomic E-state index is 12.5. The smallest absolute Gasteiger partial charge is 0.335 e. The van der Waals surface area contributed by atoms with Gasteiger partial charge in [-0.3, -0.25) is 4.79 Å². The number of nitrogens with zero attached hydrogens (tertiary/aromatic N) is 1. The molecule has 0 saturated carbocycles. The van der Waals surface area contributed by atoms with Crippen LogP contribution in [0.2, 0.25) is 0 Å². The van der Waals surface area contributed by atoms with Gasteiger partial charge in [-0.1, -0.05) is 60.7 Å². The number of allylic oxidation sites excluding steroid dienone is 3. The molecule has 1 aliphatic rings.